The molecule has 144 valence electrons. The molecule has 0 aromatic heterocycles. The van der Waals surface area contributed by atoms with Crippen molar-refractivity contribution in [2.24, 2.45) is 0 Å². The lowest BCUT2D eigenvalue weighted by molar-refractivity contribution is -0.125. The van der Waals surface area contributed by atoms with Crippen LogP contribution in [0.15, 0.2) is 28.8 Å². The highest BCUT2D eigenvalue weighted by Gasteiger charge is 2.34. The first kappa shape index (κ1) is 21.4. The van der Waals surface area contributed by atoms with Crippen LogP contribution in [0.25, 0.3) is 0 Å². The van der Waals surface area contributed by atoms with Crippen LogP contribution in [-0.2, 0) is 4.79 Å². The van der Waals surface area contributed by atoms with Gasteiger partial charge in [0.1, 0.15) is 5.37 Å². The van der Waals surface area contributed by atoms with Gasteiger partial charge in [-0.15, -0.1) is 0 Å². The van der Waals surface area contributed by atoms with E-state index in [1.807, 2.05) is 38.1 Å². The van der Waals surface area contributed by atoms with E-state index >= 15 is 0 Å². The molecular weight excluding hydrogens is 389 g/mol. The Morgan fingerprint density at radius 2 is 1.88 bits per heavy atom. The van der Waals surface area contributed by atoms with Crippen LogP contribution in [-0.4, -0.2) is 60.9 Å². The molecule has 2 rings (SSSR count). The van der Waals surface area contributed by atoms with Crippen molar-refractivity contribution in [3.05, 3.63) is 44.4 Å². The fourth-order valence-corrected chi connectivity index (χ4v) is 4.92. The van der Waals surface area contributed by atoms with Gasteiger partial charge in [0, 0.05) is 48.5 Å². The van der Waals surface area contributed by atoms with Gasteiger partial charge in [0.15, 0.2) is 0 Å². The third-order valence-corrected chi connectivity index (χ3v) is 6.92. The van der Waals surface area contributed by atoms with Crippen LogP contribution in [0.1, 0.15) is 31.7 Å². The number of allylic oxidation sites excluding steroid dienone is 1. The second kappa shape index (κ2) is 9.36. The molecule has 4 nitrogen and oxygen atoms in total. The molecule has 1 aliphatic rings. The minimum atomic E-state index is -0.0186. The Morgan fingerprint density at radius 1 is 1.23 bits per heavy atom. The third kappa shape index (κ3) is 4.69. The Morgan fingerprint density at radius 3 is 2.46 bits per heavy atom. The number of amides is 1. The molecule has 0 N–H and O–H groups in total. The smallest absolute Gasteiger partial charge is 0.261 e. The van der Waals surface area contributed by atoms with Gasteiger partial charge in [-0.25, -0.2) is 0 Å². The van der Waals surface area contributed by atoms with Crippen LogP contribution in [0.3, 0.4) is 0 Å². The zero-order valence-electron chi connectivity index (χ0n) is 16.1. The Balaban J connectivity index is 2.11. The van der Waals surface area contributed by atoms with E-state index in [0.29, 0.717) is 16.6 Å². The van der Waals surface area contributed by atoms with Crippen molar-refractivity contribution in [3.63, 3.8) is 0 Å². The van der Waals surface area contributed by atoms with Gasteiger partial charge in [-0.2, -0.15) is 0 Å². The standard InChI is InChI=1S/C19H27Cl2N3OS/c1-6-24(7-2)11-10-22(4)18(25)17-13(3)23(5)19(26-17)15-9-8-14(20)12-16(15)21/h8-9,12,19H,6-7,10-11H2,1-5H3. The highest BCUT2D eigenvalue weighted by atomic mass is 35.5. The molecule has 0 saturated heterocycles. The summed E-state index contributed by atoms with van der Waals surface area (Å²) < 4.78 is 0. The molecule has 0 saturated carbocycles. The number of hydrogen-bond acceptors (Lipinski definition) is 4. The Labute approximate surface area is 171 Å². The quantitative estimate of drug-likeness (QED) is 0.644. The molecule has 7 heteroatoms. The molecule has 0 bridgehead atoms. The van der Waals surface area contributed by atoms with Crippen LogP contribution < -0.4 is 0 Å². The summed E-state index contributed by atoms with van der Waals surface area (Å²) in [6.07, 6.45) is 0. The van der Waals surface area contributed by atoms with Crippen LogP contribution in [0.4, 0.5) is 0 Å². The van der Waals surface area contributed by atoms with Crippen LogP contribution in [0.2, 0.25) is 10.0 Å². The number of halogens is 2. The predicted octanol–water partition coefficient (Wildman–Crippen LogP) is 4.70. The summed E-state index contributed by atoms with van der Waals surface area (Å²) in [6, 6.07) is 5.52. The third-order valence-electron chi connectivity index (χ3n) is 4.85. The topological polar surface area (TPSA) is 26.8 Å². The van der Waals surface area contributed by atoms with Crippen molar-refractivity contribution in [3.8, 4) is 0 Å². The van der Waals surface area contributed by atoms with Crippen LogP contribution in [0, 0.1) is 0 Å². The first-order valence-corrected chi connectivity index (χ1v) is 10.5. The molecule has 0 spiro atoms. The van der Waals surface area contributed by atoms with E-state index in [0.717, 1.165) is 35.8 Å². The highest BCUT2D eigenvalue weighted by molar-refractivity contribution is 8.04. The molecule has 1 unspecified atom stereocenters. The van der Waals surface area contributed by atoms with Gasteiger partial charge in [-0.3, -0.25) is 4.79 Å². The Kier molecular flexibility index (Phi) is 7.71. The number of likely N-dealkylation sites (N-methyl/N-ethyl adjacent to an activating group) is 2. The molecule has 1 heterocycles. The number of carbonyl (C=O) groups is 1. The average molecular weight is 416 g/mol. The lowest BCUT2D eigenvalue weighted by atomic mass is 10.2. The van der Waals surface area contributed by atoms with Gasteiger partial charge in [-0.1, -0.05) is 54.9 Å². The van der Waals surface area contributed by atoms with Crippen molar-refractivity contribution < 1.29 is 4.79 Å². The molecule has 0 aliphatic carbocycles. The van der Waals surface area contributed by atoms with Crippen LogP contribution >= 0.6 is 35.0 Å². The SMILES string of the molecule is CCN(CC)CCN(C)C(=O)C1=C(C)N(C)C(c2ccc(Cl)cc2Cl)S1. The summed E-state index contributed by atoms with van der Waals surface area (Å²) >= 11 is 14.0. The van der Waals surface area contributed by atoms with E-state index in [4.69, 9.17) is 23.2 Å². The summed E-state index contributed by atoms with van der Waals surface area (Å²) in [5, 5.41) is 1.22. The van der Waals surface area contributed by atoms with Crippen LogP contribution in [0.5, 0.6) is 0 Å². The minimum Gasteiger partial charge on any atom is -0.361 e. The summed E-state index contributed by atoms with van der Waals surface area (Å²) in [5.74, 6) is 0.0686. The van der Waals surface area contributed by atoms with E-state index in [-0.39, 0.29) is 11.3 Å². The van der Waals surface area contributed by atoms with Gasteiger partial charge in [0.2, 0.25) is 0 Å². The highest BCUT2D eigenvalue weighted by Crippen LogP contribution is 2.48. The normalized spacial score (nSPS) is 17.4. The van der Waals surface area contributed by atoms with Gasteiger partial charge >= 0.3 is 0 Å². The summed E-state index contributed by atoms with van der Waals surface area (Å²) in [6.45, 7) is 9.86. The van der Waals surface area contributed by atoms with Crippen molar-refractivity contribution in [2.75, 3.05) is 40.3 Å². The lowest BCUT2D eigenvalue weighted by Crippen LogP contribution is -2.36. The van der Waals surface area contributed by atoms with E-state index in [2.05, 4.69) is 23.6 Å². The van der Waals surface area contributed by atoms with E-state index in [9.17, 15) is 4.79 Å². The second-order valence-electron chi connectivity index (χ2n) is 6.42. The van der Waals surface area contributed by atoms with Crippen molar-refractivity contribution in [1.82, 2.24) is 14.7 Å². The average Bonchev–Trinajstić information content (AvgIpc) is 2.90. The monoisotopic (exact) mass is 415 g/mol. The summed E-state index contributed by atoms with van der Waals surface area (Å²) in [7, 11) is 3.86. The number of thioether (sulfide) groups is 1. The number of rotatable bonds is 7. The molecule has 26 heavy (non-hydrogen) atoms. The number of hydrogen-bond donors (Lipinski definition) is 0. The van der Waals surface area contributed by atoms with E-state index in [1.54, 1.807) is 17.8 Å². The van der Waals surface area contributed by atoms with E-state index < -0.39 is 0 Å². The number of benzene rings is 1. The molecule has 1 atom stereocenters. The Bertz CT molecular complexity index is 691. The second-order valence-corrected chi connectivity index (χ2v) is 8.35. The maximum absolute atomic E-state index is 13.0. The maximum Gasteiger partial charge on any atom is 0.261 e. The first-order valence-electron chi connectivity index (χ1n) is 8.83. The van der Waals surface area contributed by atoms with Gasteiger partial charge in [0.05, 0.1) is 4.91 Å². The zero-order valence-corrected chi connectivity index (χ0v) is 18.4. The fraction of sp³-hybridized carbons (Fsp3) is 0.526. The number of carbonyl (C=O) groups excluding carboxylic acids is 1. The maximum atomic E-state index is 13.0. The molecule has 0 radical (unpaired) electrons. The molecule has 1 aliphatic heterocycles. The largest absolute Gasteiger partial charge is 0.361 e. The lowest BCUT2D eigenvalue weighted by Gasteiger charge is -2.23. The van der Waals surface area contributed by atoms with Crippen molar-refractivity contribution in [1.29, 1.82) is 0 Å². The van der Waals surface area contributed by atoms with Crippen molar-refractivity contribution >= 4 is 40.9 Å². The Hall–Kier alpha value is -0.880. The molecule has 1 aromatic carbocycles. The summed E-state index contributed by atoms with van der Waals surface area (Å²) in [4.78, 5) is 20.0. The molecule has 1 aromatic rings. The van der Waals surface area contributed by atoms with Gasteiger partial charge < -0.3 is 14.7 Å². The predicted molar refractivity (Wildman–Crippen MR) is 113 cm³/mol. The van der Waals surface area contributed by atoms with Crippen molar-refractivity contribution in [2.45, 2.75) is 26.1 Å². The van der Waals surface area contributed by atoms with E-state index in [1.165, 1.54) is 0 Å². The zero-order chi connectivity index (χ0) is 19.4. The molecule has 1 amide bonds. The molecular formula is C19H27Cl2N3OS. The minimum absolute atomic E-state index is 0.0186. The fourth-order valence-electron chi connectivity index (χ4n) is 2.90. The van der Waals surface area contributed by atoms with Gasteiger partial charge in [-0.05, 0) is 32.1 Å². The molecule has 0 fully saturated rings. The van der Waals surface area contributed by atoms with Gasteiger partial charge in [0.25, 0.3) is 5.91 Å². The first-order chi connectivity index (χ1) is 12.3. The summed E-state index contributed by atoms with van der Waals surface area (Å²) in [5.41, 5.74) is 1.95. The number of nitrogens with zero attached hydrogens (tertiary/aromatic N) is 3.